The Balaban J connectivity index is 1.22. The lowest BCUT2D eigenvalue weighted by Crippen LogP contribution is -2.52. The molecule has 0 spiro atoms. The average molecular weight is 558 g/mol. The number of allylic oxidation sites excluding steroid dienone is 3. The van der Waals surface area contributed by atoms with Gasteiger partial charge in [0, 0.05) is 51.9 Å². The first-order chi connectivity index (χ1) is 19.7. The normalized spacial score (nSPS) is 30.8. The lowest BCUT2D eigenvalue weighted by atomic mass is 9.78. The van der Waals surface area contributed by atoms with Gasteiger partial charge in [0.05, 0.1) is 5.41 Å². The van der Waals surface area contributed by atoms with E-state index in [4.69, 9.17) is 10.7 Å². The molecule has 0 aromatic heterocycles. The minimum Gasteiger partial charge on any atom is -0.370 e. The van der Waals surface area contributed by atoms with Gasteiger partial charge < -0.3 is 25.8 Å². The number of nitrogens with one attached hydrogen (secondary N) is 1. The number of guanidine groups is 1. The van der Waals surface area contributed by atoms with Gasteiger partial charge in [-0.25, -0.2) is 4.99 Å². The van der Waals surface area contributed by atoms with Gasteiger partial charge in [-0.05, 0) is 80.5 Å². The number of nitrogens with zero attached hydrogens (tertiary/aromatic N) is 5. The van der Waals surface area contributed by atoms with E-state index in [2.05, 4.69) is 95.2 Å². The van der Waals surface area contributed by atoms with Crippen molar-refractivity contribution in [1.29, 1.82) is 0 Å². The van der Waals surface area contributed by atoms with Crippen LogP contribution in [-0.4, -0.2) is 90.0 Å². The van der Waals surface area contributed by atoms with Gasteiger partial charge in [0.1, 0.15) is 12.0 Å². The van der Waals surface area contributed by atoms with Crippen molar-refractivity contribution in [2.75, 3.05) is 46.3 Å². The monoisotopic (exact) mass is 557 g/mol. The van der Waals surface area contributed by atoms with Gasteiger partial charge >= 0.3 is 0 Å². The summed E-state index contributed by atoms with van der Waals surface area (Å²) < 4.78 is 0. The zero-order chi connectivity index (χ0) is 28.7. The number of hydrogen-bond acceptors (Lipinski definition) is 7. The zero-order valence-electron chi connectivity index (χ0n) is 25.3. The summed E-state index contributed by atoms with van der Waals surface area (Å²) in [4.78, 5) is 27.8. The Morgan fingerprint density at radius 1 is 1.17 bits per heavy atom. The third-order valence-corrected chi connectivity index (χ3v) is 9.94. The Hall–Kier alpha value is -3.10. The number of likely N-dealkylation sites (tertiary alicyclic amines) is 1. The fourth-order valence-electron chi connectivity index (χ4n) is 7.14. The zero-order valence-corrected chi connectivity index (χ0v) is 25.3. The van der Waals surface area contributed by atoms with Crippen molar-refractivity contribution in [3.8, 4) is 0 Å². The summed E-state index contributed by atoms with van der Waals surface area (Å²) in [6.07, 6.45) is 12.8. The number of aliphatic imine (C=N–C) groups is 1. The predicted octanol–water partition coefficient (Wildman–Crippen LogP) is 3.37. The maximum absolute atomic E-state index is 13.6. The number of amides is 1. The number of rotatable bonds is 5. The number of carbonyl (C=O) groups is 1. The van der Waals surface area contributed by atoms with E-state index in [1.165, 1.54) is 16.7 Å². The van der Waals surface area contributed by atoms with Crippen LogP contribution in [-0.2, 0) is 17.8 Å². The maximum Gasteiger partial charge on any atom is 0.232 e. The molecule has 5 aliphatic rings. The van der Waals surface area contributed by atoms with E-state index < -0.39 is 5.41 Å². The van der Waals surface area contributed by atoms with E-state index in [9.17, 15) is 4.79 Å². The predicted molar refractivity (Wildman–Crippen MR) is 166 cm³/mol. The molecular formula is C33H47N7O. The van der Waals surface area contributed by atoms with E-state index in [-0.39, 0.29) is 12.1 Å². The van der Waals surface area contributed by atoms with E-state index in [1.807, 2.05) is 0 Å². The smallest absolute Gasteiger partial charge is 0.232 e. The van der Waals surface area contributed by atoms with Gasteiger partial charge in [0.15, 0.2) is 5.96 Å². The first-order valence-corrected chi connectivity index (χ1v) is 15.5. The number of hydrogen-bond donors (Lipinski definition) is 2. The van der Waals surface area contributed by atoms with Crippen molar-refractivity contribution in [1.82, 2.24) is 24.9 Å². The van der Waals surface area contributed by atoms with Crippen molar-refractivity contribution in [2.45, 2.75) is 65.2 Å². The number of benzene rings is 1. The molecule has 1 aromatic rings. The van der Waals surface area contributed by atoms with E-state index >= 15 is 0 Å². The molecule has 1 amide bonds. The second-order valence-corrected chi connectivity index (χ2v) is 13.0. The Labute approximate surface area is 245 Å². The molecule has 0 radical (unpaired) electrons. The lowest BCUT2D eigenvalue weighted by Gasteiger charge is -2.41. The van der Waals surface area contributed by atoms with Crippen LogP contribution in [0.5, 0.6) is 0 Å². The van der Waals surface area contributed by atoms with Gasteiger partial charge in [-0.15, -0.1) is 0 Å². The summed E-state index contributed by atoms with van der Waals surface area (Å²) in [7, 11) is 2.17. The van der Waals surface area contributed by atoms with Gasteiger partial charge in [0.25, 0.3) is 0 Å². The van der Waals surface area contributed by atoms with Crippen LogP contribution < -0.4 is 11.1 Å². The summed E-state index contributed by atoms with van der Waals surface area (Å²) in [6, 6.07) is 7.21. The molecule has 8 nitrogen and oxygen atoms in total. The van der Waals surface area contributed by atoms with Crippen LogP contribution in [0.1, 0.15) is 56.7 Å². The standard InChI is InChI=1S/C33H47N7O/c1-5-24-10-12-39(21-24)31(41)33(3)11-6-7-27(20-33)26-9-8-25-17-23(2)40(22-28(25)18-26)30-19-29(35-32(34)36-30)38-15-13-37(4)14-16-38/h6-9,18-20,23-24,30H,5,10-17,21-22H2,1-4H3,(H3,34,35,36)/t23?,24-,30?,33?/m0/s1. The molecule has 2 fully saturated rings. The highest BCUT2D eigenvalue weighted by Gasteiger charge is 2.38. The minimum atomic E-state index is -0.491. The molecule has 0 bridgehead atoms. The van der Waals surface area contributed by atoms with Crippen LogP contribution in [0.15, 0.2) is 53.3 Å². The largest absolute Gasteiger partial charge is 0.370 e. The van der Waals surface area contributed by atoms with Crippen molar-refractivity contribution < 1.29 is 4.79 Å². The third-order valence-electron chi connectivity index (χ3n) is 9.94. The van der Waals surface area contributed by atoms with Crippen LogP contribution >= 0.6 is 0 Å². The number of fused-ring (bicyclic) bond motifs is 1. The first kappa shape index (κ1) is 28.0. The van der Waals surface area contributed by atoms with Gasteiger partial charge in [-0.3, -0.25) is 9.69 Å². The van der Waals surface area contributed by atoms with Crippen LogP contribution in [0.25, 0.3) is 5.57 Å². The van der Waals surface area contributed by atoms with Crippen LogP contribution in [0.3, 0.4) is 0 Å². The average Bonchev–Trinajstić information content (AvgIpc) is 3.45. The highest BCUT2D eigenvalue weighted by atomic mass is 16.2. The summed E-state index contributed by atoms with van der Waals surface area (Å²) in [5, 5.41) is 3.32. The minimum absolute atomic E-state index is 0.0974. The van der Waals surface area contributed by atoms with Crippen molar-refractivity contribution in [3.63, 3.8) is 0 Å². The van der Waals surface area contributed by atoms with Crippen molar-refractivity contribution in [2.24, 2.45) is 22.1 Å². The summed E-state index contributed by atoms with van der Waals surface area (Å²) >= 11 is 0. The molecule has 4 aliphatic heterocycles. The quantitative estimate of drug-likeness (QED) is 0.578. The second kappa shape index (κ2) is 11.3. The second-order valence-electron chi connectivity index (χ2n) is 13.0. The third kappa shape index (κ3) is 5.69. The Morgan fingerprint density at radius 3 is 2.73 bits per heavy atom. The van der Waals surface area contributed by atoms with E-state index in [0.29, 0.717) is 17.9 Å². The molecule has 3 unspecified atom stereocenters. The highest BCUT2D eigenvalue weighted by molar-refractivity contribution is 5.90. The number of piperazine rings is 1. The SMILES string of the molecule is CC[C@H]1CCN(C(=O)C2(C)C=C(c3ccc4c(c3)CN(C3C=C(N5CCN(C)CC5)NC(N)=N3)C(C)C4)C=CC2)C1. The molecule has 6 rings (SSSR count). The van der Waals surface area contributed by atoms with Gasteiger partial charge in [-0.1, -0.05) is 43.7 Å². The number of nitrogens with two attached hydrogens (primary N) is 1. The fraction of sp³-hybridized carbons (Fsp3) is 0.576. The van der Waals surface area contributed by atoms with E-state index in [0.717, 1.165) is 82.9 Å². The molecule has 220 valence electrons. The topological polar surface area (TPSA) is 80.4 Å². The first-order valence-electron chi connectivity index (χ1n) is 15.5. The number of likely N-dealkylation sites (N-methyl/N-ethyl adjacent to an activating group) is 1. The van der Waals surface area contributed by atoms with Crippen molar-refractivity contribution >= 4 is 17.4 Å². The molecule has 1 aliphatic carbocycles. The summed E-state index contributed by atoms with van der Waals surface area (Å²) in [6.45, 7) is 13.3. The molecule has 4 atom stereocenters. The Kier molecular flexibility index (Phi) is 7.72. The van der Waals surface area contributed by atoms with Crippen LogP contribution in [0.2, 0.25) is 0 Å². The molecule has 1 aromatic carbocycles. The summed E-state index contributed by atoms with van der Waals surface area (Å²) in [5.41, 5.74) is 10.9. The lowest BCUT2D eigenvalue weighted by molar-refractivity contribution is -0.137. The van der Waals surface area contributed by atoms with Gasteiger partial charge in [0.2, 0.25) is 5.91 Å². The molecule has 41 heavy (non-hydrogen) atoms. The van der Waals surface area contributed by atoms with Crippen LogP contribution in [0, 0.1) is 11.3 Å². The molecule has 4 heterocycles. The van der Waals surface area contributed by atoms with Crippen molar-refractivity contribution in [3.05, 3.63) is 65.0 Å². The Morgan fingerprint density at radius 2 is 1.98 bits per heavy atom. The van der Waals surface area contributed by atoms with Gasteiger partial charge in [-0.2, -0.15) is 0 Å². The van der Waals surface area contributed by atoms with Crippen LogP contribution in [0.4, 0.5) is 0 Å². The molecule has 2 saturated heterocycles. The fourth-order valence-corrected chi connectivity index (χ4v) is 7.14. The maximum atomic E-state index is 13.6. The molecule has 3 N–H and O–H groups in total. The Bertz CT molecular complexity index is 1290. The molecule has 8 heteroatoms. The van der Waals surface area contributed by atoms with E-state index in [1.54, 1.807) is 0 Å². The summed E-state index contributed by atoms with van der Waals surface area (Å²) in [5.74, 6) is 2.48. The molecular weight excluding hydrogens is 510 g/mol. The molecule has 0 saturated carbocycles. The highest BCUT2D eigenvalue weighted by Crippen LogP contribution is 2.38. The number of carbonyl (C=O) groups excluding carboxylic acids is 1.